The lowest BCUT2D eigenvalue weighted by atomic mass is 10.0. The maximum Gasteiger partial charge on any atom is 0.120 e. The van der Waals surface area contributed by atoms with Gasteiger partial charge in [0.05, 0.1) is 6.54 Å². The van der Waals surface area contributed by atoms with Crippen LogP contribution >= 0.6 is 0 Å². The number of nitrogens with one attached hydrogen (secondary N) is 1. The summed E-state index contributed by atoms with van der Waals surface area (Å²) in [6, 6.07) is 9.59. The molecule has 4 heteroatoms. The molecule has 0 spiro atoms. The number of hydrogen-bond acceptors (Lipinski definition) is 3. The summed E-state index contributed by atoms with van der Waals surface area (Å²) in [6.45, 7) is 3.77. The average molecular weight is 245 g/mol. The first-order valence-electron chi connectivity index (χ1n) is 6.30. The highest BCUT2D eigenvalue weighted by Gasteiger charge is 2.11. The number of benzene rings is 1. The zero-order valence-electron chi connectivity index (χ0n) is 10.6. The summed E-state index contributed by atoms with van der Waals surface area (Å²) < 4.78 is 1.89. The third kappa shape index (κ3) is 3.11. The van der Waals surface area contributed by atoms with Crippen molar-refractivity contribution in [2.45, 2.75) is 25.9 Å². The largest absolute Gasteiger partial charge is 0.508 e. The van der Waals surface area contributed by atoms with Gasteiger partial charge in [-0.3, -0.25) is 4.68 Å². The van der Waals surface area contributed by atoms with Gasteiger partial charge in [-0.15, -0.1) is 0 Å². The average Bonchev–Trinajstić information content (AvgIpc) is 2.89. The van der Waals surface area contributed by atoms with Crippen molar-refractivity contribution in [1.29, 1.82) is 0 Å². The van der Waals surface area contributed by atoms with Crippen LogP contribution in [-0.4, -0.2) is 21.4 Å². The maximum atomic E-state index is 9.84. The SMILES string of the molecule is CCC(NCCn1cccn1)c1ccccc1O. The molecule has 0 amide bonds. The van der Waals surface area contributed by atoms with Crippen LogP contribution in [0.15, 0.2) is 42.7 Å². The van der Waals surface area contributed by atoms with Gasteiger partial charge in [-0.25, -0.2) is 0 Å². The molecule has 0 aliphatic rings. The predicted octanol–water partition coefficient (Wildman–Crippen LogP) is 2.33. The smallest absolute Gasteiger partial charge is 0.120 e. The molecule has 2 N–H and O–H groups in total. The number of phenols is 1. The van der Waals surface area contributed by atoms with Crippen LogP contribution in [-0.2, 0) is 6.54 Å². The van der Waals surface area contributed by atoms with Crippen molar-refractivity contribution in [1.82, 2.24) is 15.1 Å². The monoisotopic (exact) mass is 245 g/mol. The van der Waals surface area contributed by atoms with Crippen LogP contribution < -0.4 is 5.32 Å². The predicted molar refractivity (Wildman–Crippen MR) is 71.4 cm³/mol. The molecule has 0 saturated heterocycles. The fourth-order valence-corrected chi connectivity index (χ4v) is 2.04. The topological polar surface area (TPSA) is 50.1 Å². The van der Waals surface area contributed by atoms with Crippen molar-refractivity contribution < 1.29 is 5.11 Å². The Morgan fingerprint density at radius 1 is 1.33 bits per heavy atom. The van der Waals surface area contributed by atoms with Gasteiger partial charge in [-0.05, 0) is 18.6 Å². The normalized spacial score (nSPS) is 12.5. The highest BCUT2D eigenvalue weighted by molar-refractivity contribution is 5.34. The Kier molecular flexibility index (Phi) is 4.36. The zero-order chi connectivity index (χ0) is 12.8. The van der Waals surface area contributed by atoms with Gasteiger partial charge in [0.15, 0.2) is 0 Å². The lowest BCUT2D eigenvalue weighted by molar-refractivity contribution is 0.432. The standard InChI is InChI=1S/C14H19N3O/c1-2-13(12-6-3-4-7-14(12)18)15-9-11-17-10-5-8-16-17/h3-8,10,13,15,18H,2,9,11H2,1H3. The fourth-order valence-electron chi connectivity index (χ4n) is 2.04. The van der Waals surface area contributed by atoms with E-state index in [0.29, 0.717) is 5.75 Å². The molecule has 0 aliphatic heterocycles. The lowest BCUT2D eigenvalue weighted by Crippen LogP contribution is -2.25. The first-order valence-corrected chi connectivity index (χ1v) is 6.30. The summed E-state index contributed by atoms with van der Waals surface area (Å²) in [5.74, 6) is 0.357. The van der Waals surface area contributed by atoms with E-state index in [1.807, 2.05) is 35.1 Å². The van der Waals surface area contributed by atoms with Crippen LogP contribution in [0.5, 0.6) is 5.75 Å². The third-order valence-corrected chi connectivity index (χ3v) is 3.01. The molecule has 0 bridgehead atoms. The summed E-state index contributed by atoms with van der Waals surface area (Å²) in [6.07, 6.45) is 4.67. The highest BCUT2D eigenvalue weighted by Crippen LogP contribution is 2.25. The van der Waals surface area contributed by atoms with E-state index in [4.69, 9.17) is 0 Å². The van der Waals surface area contributed by atoms with Crippen LogP contribution in [0.2, 0.25) is 0 Å². The quantitative estimate of drug-likeness (QED) is 0.821. The Hall–Kier alpha value is -1.81. The Bertz CT molecular complexity index is 468. The van der Waals surface area contributed by atoms with Crippen LogP contribution in [0.4, 0.5) is 0 Å². The summed E-state index contributed by atoms with van der Waals surface area (Å²) in [4.78, 5) is 0. The molecule has 2 rings (SSSR count). The number of phenolic OH excluding ortho intramolecular Hbond substituents is 1. The van der Waals surface area contributed by atoms with E-state index >= 15 is 0 Å². The molecule has 1 heterocycles. The van der Waals surface area contributed by atoms with Gasteiger partial charge in [0, 0.05) is 30.5 Å². The Balaban J connectivity index is 1.91. The van der Waals surface area contributed by atoms with Crippen molar-refractivity contribution in [2.75, 3.05) is 6.54 Å². The third-order valence-electron chi connectivity index (χ3n) is 3.01. The van der Waals surface area contributed by atoms with Gasteiger partial charge in [0.25, 0.3) is 0 Å². The fraction of sp³-hybridized carbons (Fsp3) is 0.357. The summed E-state index contributed by atoms with van der Waals surface area (Å²) >= 11 is 0. The molecule has 0 fully saturated rings. The number of aromatic nitrogens is 2. The van der Waals surface area contributed by atoms with Crippen molar-refractivity contribution in [3.05, 3.63) is 48.3 Å². The van der Waals surface area contributed by atoms with Crippen LogP contribution in [0.1, 0.15) is 24.9 Å². The second kappa shape index (κ2) is 6.21. The minimum atomic E-state index is 0.182. The molecule has 96 valence electrons. The first-order chi connectivity index (χ1) is 8.81. The zero-order valence-corrected chi connectivity index (χ0v) is 10.6. The molecule has 1 aromatic heterocycles. The van der Waals surface area contributed by atoms with E-state index in [1.54, 1.807) is 12.3 Å². The molecule has 2 aromatic rings. The number of rotatable bonds is 6. The minimum absolute atomic E-state index is 0.182. The molecule has 1 atom stereocenters. The first kappa shape index (κ1) is 12.6. The van der Waals surface area contributed by atoms with Gasteiger partial charge in [-0.2, -0.15) is 5.10 Å². The van der Waals surface area contributed by atoms with Crippen molar-refractivity contribution in [2.24, 2.45) is 0 Å². The number of hydrogen-bond donors (Lipinski definition) is 2. The van der Waals surface area contributed by atoms with E-state index < -0.39 is 0 Å². The molecular formula is C14H19N3O. The van der Waals surface area contributed by atoms with Crippen molar-refractivity contribution >= 4 is 0 Å². The molecule has 4 nitrogen and oxygen atoms in total. The number of nitrogens with zero attached hydrogens (tertiary/aromatic N) is 2. The summed E-state index contributed by atoms with van der Waals surface area (Å²) in [7, 11) is 0. The second-order valence-corrected chi connectivity index (χ2v) is 4.24. The summed E-state index contributed by atoms with van der Waals surface area (Å²) in [5.41, 5.74) is 0.959. The van der Waals surface area contributed by atoms with Gasteiger partial charge < -0.3 is 10.4 Å². The molecular weight excluding hydrogens is 226 g/mol. The van der Waals surface area contributed by atoms with Crippen molar-refractivity contribution in [3.63, 3.8) is 0 Å². The highest BCUT2D eigenvalue weighted by atomic mass is 16.3. The van der Waals surface area contributed by atoms with Gasteiger partial charge >= 0.3 is 0 Å². The van der Waals surface area contributed by atoms with Crippen LogP contribution in [0.3, 0.4) is 0 Å². The van der Waals surface area contributed by atoms with E-state index in [0.717, 1.165) is 25.1 Å². The molecule has 18 heavy (non-hydrogen) atoms. The van der Waals surface area contributed by atoms with Crippen LogP contribution in [0, 0.1) is 0 Å². The van der Waals surface area contributed by atoms with E-state index in [9.17, 15) is 5.11 Å². The van der Waals surface area contributed by atoms with E-state index in [-0.39, 0.29) is 6.04 Å². The molecule has 1 aromatic carbocycles. The second-order valence-electron chi connectivity index (χ2n) is 4.24. The van der Waals surface area contributed by atoms with E-state index in [1.165, 1.54) is 0 Å². The Morgan fingerprint density at radius 3 is 2.83 bits per heavy atom. The maximum absolute atomic E-state index is 9.84. The summed E-state index contributed by atoms with van der Waals surface area (Å²) in [5, 5.41) is 17.4. The molecule has 0 radical (unpaired) electrons. The van der Waals surface area contributed by atoms with Crippen molar-refractivity contribution in [3.8, 4) is 5.75 Å². The minimum Gasteiger partial charge on any atom is -0.508 e. The van der Waals surface area contributed by atoms with Gasteiger partial charge in [-0.1, -0.05) is 25.1 Å². The number of para-hydroxylation sites is 1. The van der Waals surface area contributed by atoms with Crippen LogP contribution in [0.25, 0.3) is 0 Å². The number of aromatic hydroxyl groups is 1. The van der Waals surface area contributed by atoms with Gasteiger partial charge in [0.2, 0.25) is 0 Å². The molecule has 1 unspecified atom stereocenters. The Labute approximate surface area is 107 Å². The Morgan fingerprint density at radius 2 is 2.17 bits per heavy atom. The molecule has 0 saturated carbocycles. The lowest BCUT2D eigenvalue weighted by Gasteiger charge is -2.18. The van der Waals surface area contributed by atoms with Gasteiger partial charge in [0.1, 0.15) is 5.75 Å². The molecule has 0 aliphatic carbocycles. The van der Waals surface area contributed by atoms with E-state index in [2.05, 4.69) is 17.3 Å².